The summed E-state index contributed by atoms with van der Waals surface area (Å²) in [6.45, 7) is 4.97. The number of H-pyrrole nitrogens is 1. The highest BCUT2D eigenvalue weighted by atomic mass is 32.1. The van der Waals surface area contributed by atoms with Gasteiger partial charge in [0.25, 0.3) is 0 Å². The van der Waals surface area contributed by atoms with Gasteiger partial charge in [0.05, 0.1) is 19.1 Å². The van der Waals surface area contributed by atoms with E-state index in [4.69, 9.17) is 22.9 Å². The van der Waals surface area contributed by atoms with E-state index < -0.39 is 256 Å². The molecule has 0 unspecified atom stereocenters. The number of thiol groups is 2. The van der Waals surface area contributed by atoms with Gasteiger partial charge in [-0.3, -0.25) is 86.3 Å². The Labute approximate surface area is 617 Å². The first-order valence-electron chi connectivity index (χ1n) is 33.2. The van der Waals surface area contributed by atoms with Gasteiger partial charge in [0.1, 0.15) is 72.2 Å². The van der Waals surface area contributed by atoms with Crippen LogP contribution in [0, 0.1) is 5.92 Å². The number of hydrogen-bond acceptors (Lipinski definition) is 22. The van der Waals surface area contributed by atoms with Crippen LogP contribution in [0.5, 0.6) is 5.75 Å². The van der Waals surface area contributed by atoms with E-state index in [1.807, 2.05) is 0 Å². The first-order valence-corrected chi connectivity index (χ1v) is 34.5. The molecule has 2 aromatic carbocycles. The summed E-state index contributed by atoms with van der Waals surface area (Å²) >= 11 is 8.30. The number of rotatable bonds is 48. The number of aliphatic hydroxyl groups excluding tert-OH is 1. The smallest absolute Gasteiger partial charge is 0.303 e. The van der Waals surface area contributed by atoms with Crippen molar-refractivity contribution in [1.29, 1.82) is 0 Å². The molecule has 0 aliphatic heterocycles. The number of aromatic nitrogens is 1. The summed E-state index contributed by atoms with van der Waals surface area (Å²) in [4.78, 5) is 241. The molecule has 0 radical (unpaired) electrons. The van der Waals surface area contributed by atoms with E-state index in [2.05, 4.69) is 94.0 Å². The number of primary amides is 4. The van der Waals surface area contributed by atoms with Crippen LogP contribution < -0.4 is 86.7 Å². The zero-order valence-corrected chi connectivity index (χ0v) is 60.1. The lowest BCUT2D eigenvalue weighted by atomic mass is 9.99. The second kappa shape index (κ2) is 44.5. The second-order valence-electron chi connectivity index (χ2n) is 25.0. The molecular formula is C65H93N17O22S2. The lowest BCUT2D eigenvalue weighted by molar-refractivity contribution is -0.139. The van der Waals surface area contributed by atoms with Crippen molar-refractivity contribution in [2.24, 2.45) is 28.9 Å². The van der Waals surface area contributed by atoms with Gasteiger partial charge in [-0.2, -0.15) is 25.3 Å². The van der Waals surface area contributed by atoms with Gasteiger partial charge in [0, 0.05) is 74.1 Å². The van der Waals surface area contributed by atoms with E-state index in [0.717, 1.165) is 13.8 Å². The summed E-state index contributed by atoms with van der Waals surface area (Å²) in [5.41, 5.74) is 22.5. The molecule has 1 aromatic heterocycles. The molecule has 25 N–H and O–H groups in total. The van der Waals surface area contributed by atoms with Gasteiger partial charge in [-0.25, -0.2) is 0 Å². The van der Waals surface area contributed by atoms with E-state index in [-0.39, 0.29) is 42.2 Å². The number of carbonyl (C=O) groups excluding carboxylic acids is 16. The van der Waals surface area contributed by atoms with Crippen molar-refractivity contribution in [3.05, 3.63) is 65.9 Å². The van der Waals surface area contributed by atoms with Crippen LogP contribution in [0.4, 0.5) is 0 Å². The number of fused-ring (bicyclic) bond motifs is 1. The molecule has 0 bridgehead atoms. The predicted octanol–water partition coefficient (Wildman–Crippen LogP) is -6.57. The molecule has 16 amide bonds. The van der Waals surface area contributed by atoms with Crippen molar-refractivity contribution in [3.63, 3.8) is 0 Å². The van der Waals surface area contributed by atoms with Gasteiger partial charge in [0.2, 0.25) is 94.5 Å². The molecular weight excluding hydrogens is 1430 g/mol. The second-order valence-corrected chi connectivity index (χ2v) is 25.8. The van der Waals surface area contributed by atoms with Crippen LogP contribution in [0.25, 0.3) is 10.9 Å². The average molecular weight is 1530 g/mol. The first kappa shape index (κ1) is 89.1. The Morgan fingerprint density at radius 2 is 0.811 bits per heavy atom. The normalized spacial score (nSPS) is 14.4. The number of carbonyl (C=O) groups is 18. The van der Waals surface area contributed by atoms with Gasteiger partial charge in [-0.1, -0.05) is 44.2 Å². The van der Waals surface area contributed by atoms with Gasteiger partial charge in [-0.05, 0) is 80.7 Å². The van der Waals surface area contributed by atoms with Crippen molar-refractivity contribution in [2.45, 2.75) is 184 Å². The van der Waals surface area contributed by atoms with Crippen LogP contribution in [-0.4, -0.2) is 222 Å². The summed E-state index contributed by atoms with van der Waals surface area (Å²) in [5, 5.41) is 69.0. The fourth-order valence-electron chi connectivity index (χ4n) is 10.2. The molecule has 12 atom stereocenters. The van der Waals surface area contributed by atoms with E-state index in [0.29, 0.717) is 16.5 Å². The first-order chi connectivity index (χ1) is 49.8. The number of nitrogens with one attached hydrogen (secondary N) is 13. The molecule has 0 saturated carbocycles. The Hall–Kier alpha value is -11.1. The van der Waals surface area contributed by atoms with Crippen LogP contribution >= 0.6 is 25.3 Å². The Balaban J connectivity index is 2.07. The van der Waals surface area contributed by atoms with E-state index >= 15 is 4.79 Å². The number of phenolic OH excluding ortho intramolecular Hbond substituents is 1. The fraction of sp³-hybridized carbons (Fsp3) is 0.508. The lowest BCUT2D eigenvalue weighted by Gasteiger charge is -2.29. The van der Waals surface area contributed by atoms with E-state index in [1.165, 1.54) is 24.3 Å². The maximum absolute atomic E-state index is 15.0. The number of aliphatic carboxylic acids is 2. The molecule has 582 valence electrons. The third-order valence-corrected chi connectivity index (χ3v) is 16.6. The Morgan fingerprint density at radius 3 is 1.24 bits per heavy atom. The van der Waals surface area contributed by atoms with Crippen molar-refractivity contribution in [3.8, 4) is 5.75 Å². The summed E-state index contributed by atoms with van der Waals surface area (Å²) in [6.07, 6.45) is -6.94. The number of aromatic hydroxyl groups is 1. The lowest BCUT2D eigenvalue weighted by Crippen LogP contribution is -2.62. The highest BCUT2D eigenvalue weighted by Gasteiger charge is 2.38. The summed E-state index contributed by atoms with van der Waals surface area (Å²) < 4.78 is 0. The van der Waals surface area contributed by atoms with Gasteiger partial charge < -0.3 is 112 Å². The van der Waals surface area contributed by atoms with E-state index in [1.54, 1.807) is 44.3 Å². The maximum Gasteiger partial charge on any atom is 0.303 e. The van der Waals surface area contributed by atoms with Crippen LogP contribution in [0.1, 0.15) is 109 Å². The summed E-state index contributed by atoms with van der Waals surface area (Å²) in [5.74, 6) is -21.4. The van der Waals surface area contributed by atoms with Crippen molar-refractivity contribution in [2.75, 3.05) is 18.1 Å². The number of para-hydroxylation sites is 1. The van der Waals surface area contributed by atoms with E-state index in [9.17, 15) is 102 Å². The minimum absolute atomic E-state index is 0.142. The molecule has 0 spiro atoms. The van der Waals surface area contributed by atoms with Crippen LogP contribution in [0.3, 0.4) is 0 Å². The summed E-state index contributed by atoms with van der Waals surface area (Å²) in [6, 6.07) is -6.90. The molecule has 3 aromatic rings. The number of benzene rings is 2. The number of aromatic amines is 1. The Morgan fingerprint density at radius 1 is 0.425 bits per heavy atom. The number of carboxylic acids is 2. The van der Waals surface area contributed by atoms with Gasteiger partial charge in [0.15, 0.2) is 0 Å². The minimum Gasteiger partial charge on any atom is -0.508 e. The third-order valence-electron chi connectivity index (χ3n) is 15.8. The molecule has 0 aliphatic rings. The van der Waals surface area contributed by atoms with Crippen molar-refractivity contribution >= 4 is 143 Å². The summed E-state index contributed by atoms with van der Waals surface area (Å²) in [7, 11) is 0. The fourth-order valence-corrected chi connectivity index (χ4v) is 10.7. The predicted molar refractivity (Wildman–Crippen MR) is 381 cm³/mol. The molecule has 0 saturated heterocycles. The topological polar surface area (TPSA) is 652 Å². The number of hydrogen-bond donors (Lipinski definition) is 23. The Bertz CT molecular complexity index is 3670. The highest BCUT2D eigenvalue weighted by molar-refractivity contribution is 7.80. The van der Waals surface area contributed by atoms with Crippen molar-refractivity contribution in [1.82, 2.24) is 68.8 Å². The number of amides is 16. The molecule has 106 heavy (non-hydrogen) atoms. The molecule has 41 heteroatoms. The van der Waals surface area contributed by atoms with Crippen LogP contribution in [0.15, 0.2) is 54.7 Å². The number of carboxylic acid groups (broad SMARTS) is 2. The minimum atomic E-state index is -2.00. The van der Waals surface area contributed by atoms with Gasteiger partial charge >= 0.3 is 11.9 Å². The number of aliphatic hydroxyl groups is 1. The quantitative estimate of drug-likeness (QED) is 0.0234. The number of phenols is 1. The highest BCUT2D eigenvalue weighted by Crippen LogP contribution is 2.21. The molecule has 39 nitrogen and oxygen atoms in total. The van der Waals surface area contributed by atoms with Gasteiger partial charge in [-0.15, -0.1) is 0 Å². The average Bonchev–Trinajstić information content (AvgIpc) is 1.54. The molecule has 3 rings (SSSR count). The largest absolute Gasteiger partial charge is 0.508 e. The SMILES string of the molecule is CC(=O)N[C@@H](CS)C(=O)N[C@@H](CCC(N)=O)C(=O)N[C@H](C(=O)N[C@@H](CCC(=O)O)C(=O)N[C@@H](CCC(N)=O)C(=O)N[C@@H](CS)C(=O)N[C@@H](Cc1ccc(O)cc1)C(=O)N[C@@H](Cc1c[nH]c2ccccc12)C(=O)N[C@@H](CCC(C)C)C(=O)N[C@@H](CCC(=O)O)C(=O)N[C@@H](CC(N)=O)C(=O)NCC(N)=O)[C@@H](C)O. The zero-order chi connectivity index (χ0) is 79.7. The number of nitrogens with two attached hydrogens (primary N) is 4. The molecule has 1 heterocycles. The Kier molecular flexibility index (Phi) is 37.4. The molecule has 0 fully saturated rings. The zero-order valence-electron chi connectivity index (χ0n) is 58.4. The van der Waals surface area contributed by atoms with Crippen molar-refractivity contribution < 1.29 is 107 Å². The maximum atomic E-state index is 15.0. The van der Waals surface area contributed by atoms with Crippen LogP contribution in [0.2, 0.25) is 0 Å². The monoisotopic (exact) mass is 1530 g/mol. The van der Waals surface area contributed by atoms with Crippen LogP contribution in [-0.2, 0) is 99.1 Å². The molecule has 0 aliphatic carbocycles. The standard InChI is InChI=1S/C65H93N17O22S2/c1-30(2)9-14-38(56(95)74-41(17-21-52(90)91)58(97)80-45(25-50(68)88)55(94)71-27-51(69)89)75-62(101)44(24-34-26-70-37-8-6-5-7-36(34)37)79-61(100)43(23-33-10-12-35(85)13-11-33)78-64(103)47(29-106)81-59(98)39(15-19-48(66)86)73-57(96)42(18-22-53(92)93)77-65(104)54(31(3)83)82-60(99)40(16-20-49(67)87)76-63(102)46(28-105)72-32(4)84/h5-8,10-13,26,30-31,38-47,54,70,83,85,105-106H,9,14-25,27-29H2,1-4H3,(H2,66,86)(H2,67,87)(H2,68,88)(H2,69,89)(H,71,94)(H,72,84)(H,73,96)(H,74,95)(H,75,101)(H,76,102)(H,77,104)(H,78,103)(H,79,100)(H,80,97)(H,81,98)(H,82,99)(H,90,91)(H,92,93)/t31-,38+,39+,40+,41+,42+,43+,44+,45+,46+,47+,54+/m1/s1. The third kappa shape index (κ3) is 31.9.